The Bertz CT molecular complexity index is 401. The van der Waals surface area contributed by atoms with Gasteiger partial charge in [-0.25, -0.2) is 0 Å². The maximum atomic E-state index is 11.8. The molecule has 0 saturated carbocycles. The number of rotatable bonds is 4. The highest BCUT2D eigenvalue weighted by Gasteiger charge is 2.13. The van der Waals surface area contributed by atoms with Crippen molar-refractivity contribution in [2.45, 2.75) is 19.3 Å². The van der Waals surface area contributed by atoms with Gasteiger partial charge in [0.1, 0.15) is 5.75 Å². The molecule has 0 bridgehead atoms. The van der Waals surface area contributed by atoms with Crippen LogP contribution in [0.5, 0.6) is 5.75 Å². The van der Waals surface area contributed by atoms with Crippen LogP contribution in [0, 0.1) is 5.92 Å². The average molecular weight is 248 g/mol. The van der Waals surface area contributed by atoms with Gasteiger partial charge in [-0.2, -0.15) is 0 Å². The summed E-state index contributed by atoms with van der Waals surface area (Å²) in [4.78, 5) is 11.8. The highest BCUT2D eigenvalue weighted by atomic mass is 16.3. The first-order valence-electron chi connectivity index (χ1n) is 6.53. The third-order valence-electron chi connectivity index (χ3n) is 3.41. The SMILES string of the molecule is O=C(NCCC1CCNCC1)c1cccc(O)c1. The first-order chi connectivity index (χ1) is 8.75. The van der Waals surface area contributed by atoms with E-state index in [-0.39, 0.29) is 11.7 Å². The molecule has 1 aliphatic heterocycles. The van der Waals surface area contributed by atoms with Crippen LogP contribution in [0.3, 0.4) is 0 Å². The van der Waals surface area contributed by atoms with Gasteiger partial charge in [0.2, 0.25) is 0 Å². The van der Waals surface area contributed by atoms with Gasteiger partial charge in [0, 0.05) is 12.1 Å². The Hall–Kier alpha value is -1.55. The fourth-order valence-electron chi connectivity index (χ4n) is 2.31. The van der Waals surface area contributed by atoms with Crippen molar-refractivity contribution in [2.24, 2.45) is 5.92 Å². The maximum absolute atomic E-state index is 11.8. The third-order valence-corrected chi connectivity index (χ3v) is 3.41. The Labute approximate surface area is 107 Å². The van der Waals surface area contributed by atoms with Crippen LogP contribution >= 0.6 is 0 Å². The molecule has 2 rings (SSSR count). The van der Waals surface area contributed by atoms with Gasteiger partial charge in [0.15, 0.2) is 0 Å². The van der Waals surface area contributed by atoms with Crippen LogP contribution in [-0.2, 0) is 0 Å². The Morgan fingerprint density at radius 3 is 2.89 bits per heavy atom. The number of hydrogen-bond donors (Lipinski definition) is 3. The van der Waals surface area contributed by atoms with E-state index < -0.39 is 0 Å². The lowest BCUT2D eigenvalue weighted by atomic mass is 9.95. The molecule has 1 fully saturated rings. The molecule has 1 saturated heterocycles. The molecule has 0 atom stereocenters. The smallest absolute Gasteiger partial charge is 0.251 e. The van der Waals surface area contributed by atoms with Gasteiger partial charge in [-0.1, -0.05) is 6.07 Å². The van der Waals surface area contributed by atoms with Crippen molar-refractivity contribution in [1.29, 1.82) is 0 Å². The molecular formula is C14H20N2O2. The van der Waals surface area contributed by atoms with Crippen LogP contribution in [0.1, 0.15) is 29.6 Å². The molecule has 18 heavy (non-hydrogen) atoms. The van der Waals surface area contributed by atoms with E-state index in [1.165, 1.54) is 18.9 Å². The molecule has 0 aliphatic carbocycles. The standard InChI is InChI=1S/C14H20N2O2/c17-13-3-1-2-12(10-13)14(18)16-9-6-11-4-7-15-8-5-11/h1-3,10-11,15,17H,4-9H2,(H,16,18). The Morgan fingerprint density at radius 2 is 2.17 bits per heavy atom. The third kappa shape index (κ3) is 3.74. The van der Waals surface area contributed by atoms with Gasteiger partial charge in [0.05, 0.1) is 0 Å². The van der Waals surface area contributed by atoms with Crippen molar-refractivity contribution in [3.8, 4) is 5.75 Å². The number of piperidine rings is 1. The predicted octanol–water partition coefficient (Wildman–Crippen LogP) is 1.51. The Kier molecular flexibility index (Phi) is 4.59. The molecule has 0 spiro atoms. The molecule has 0 unspecified atom stereocenters. The topological polar surface area (TPSA) is 61.4 Å². The predicted molar refractivity (Wildman–Crippen MR) is 70.7 cm³/mol. The fraction of sp³-hybridized carbons (Fsp3) is 0.500. The van der Waals surface area contributed by atoms with E-state index in [4.69, 9.17) is 0 Å². The quantitative estimate of drug-likeness (QED) is 0.757. The molecule has 1 aromatic carbocycles. The molecule has 0 aromatic heterocycles. The zero-order valence-electron chi connectivity index (χ0n) is 10.5. The van der Waals surface area contributed by atoms with Crippen molar-refractivity contribution < 1.29 is 9.90 Å². The maximum Gasteiger partial charge on any atom is 0.251 e. The first-order valence-corrected chi connectivity index (χ1v) is 6.53. The second-order valence-electron chi connectivity index (χ2n) is 4.79. The first kappa shape index (κ1) is 12.9. The average Bonchev–Trinajstić information content (AvgIpc) is 2.40. The molecule has 1 amide bonds. The number of phenols is 1. The van der Waals surface area contributed by atoms with Crippen LogP contribution in [0.25, 0.3) is 0 Å². The largest absolute Gasteiger partial charge is 0.508 e. The van der Waals surface area contributed by atoms with Gasteiger partial charge < -0.3 is 15.7 Å². The zero-order valence-corrected chi connectivity index (χ0v) is 10.5. The minimum Gasteiger partial charge on any atom is -0.508 e. The molecule has 98 valence electrons. The van der Waals surface area contributed by atoms with Crippen molar-refractivity contribution in [2.75, 3.05) is 19.6 Å². The van der Waals surface area contributed by atoms with Crippen LogP contribution in [-0.4, -0.2) is 30.6 Å². The molecule has 4 nitrogen and oxygen atoms in total. The molecule has 0 radical (unpaired) electrons. The van der Waals surface area contributed by atoms with Crippen LogP contribution in [0.15, 0.2) is 24.3 Å². The summed E-state index contributed by atoms with van der Waals surface area (Å²) < 4.78 is 0. The van der Waals surface area contributed by atoms with E-state index in [9.17, 15) is 9.90 Å². The van der Waals surface area contributed by atoms with Gasteiger partial charge in [-0.05, 0) is 56.5 Å². The summed E-state index contributed by atoms with van der Waals surface area (Å²) in [5.41, 5.74) is 0.514. The highest BCUT2D eigenvalue weighted by molar-refractivity contribution is 5.94. The lowest BCUT2D eigenvalue weighted by Gasteiger charge is -2.22. The van der Waals surface area contributed by atoms with Crippen molar-refractivity contribution in [1.82, 2.24) is 10.6 Å². The molecule has 4 heteroatoms. The number of hydrogen-bond acceptors (Lipinski definition) is 3. The van der Waals surface area contributed by atoms with Crippen LogP contribution < -0.4 is 10.6 Å². The van der Waals surface area contributed by atoms with Gasteiger partial charge in [-0.15, -0.1) is 0 Å². The van der Waals surface area contributed by atoms with Crippen molar-refractivity contribution in [3.63, 3.8) is 0 Å². The van der Waals surface area contributed by atoms with Crippen molar-refractivity contribution in [3.05, 3.63) is 29.8 Å². The minimum atomic E-state index is -0.111. The lowest BCUT2D eigenvalue weighted by molar-refractivity contribution is 0.0950. The number of nitrogens with one attached hydrogen (secondary N) is 2. The minimum absolute atomic E-state index is 0.111. The van der Waals surface area contributed by atoms with Gasteiger partial charge in [0.25, 0.3) is 5.91 Å². The number of phenolic OH excluding ortho intramolecular Hbond substituents is 1. The van der Waals surface area contributed by atoms with Crippen LogP contribution in [0.2, 0.25) is 0 Å². The summed E-state index contributed by atoms with van der Waals surface area (Å²) in [7, 11) is 0. The summed E-state index contributed by atoms with van der Waals surface area (Å²) in [6, 6.07) is 6.43. The highest BCUT2D eigenvalue weighted by Crippen LogP contribution is 2.15. The van der Waals surface area contributed by atoms with E-state index >= 15 is 0 Å². The van der Waals surface area contributed by atoms with E-state index in [2.05, 4.69) is 10.6 Å². The number of carbonyl (C=O) groups excluding carboxylic acids is 1. The fourth-order valence-corrected chi connectivity index (χ4v) is 2.31. The summed E-state index contributed by atoms with van der Waals surface area (Å²) in [5.74, 6) is 0.733. The monoisotopic (exact) mass is 248 g/mol. The zero-order chi connectivity index (χ0) is 12.8. The summed E-state index contributed by atoms with van der Waals surface area (Å²) >= 11 is 0. The summed E-state index contributed by atoms with van der Waals surface area (Å²) in [5, 5.41) is 15.5. The normalized spacial score (nSPS) is 16.4. The number of benzene rings is 1. The molecule has 1 aliphatic rings. The van der Waals surface area contributed by atoms with Gasteiger partial charge in [-0.3, -0.25) is 4.79 Å². The van der Waals surface area contributed by atoms with Crippen LogP contribution in [0.4, 0.5) is 0 Å². The molecule has 1 aromatic rings. The van der Waals surface area contributed by atoms with Gasteiger partial charge >= 0.3 is 0 Å². The summed E-state index contributed by atoms with van der Waals surface area (Å²) in [6.45, 7) is 2.88. The number of amides is 1. The second kappa shape index (κ2) is 6.40. The lowest BCUT2D eigenvalue weighted by Crippen LogP contribution is -2.31. The van der Waals surface area contributed by atoms with Crippen molar-refractivity contribution >= 4 is 5.91 Å². The molecule has 1 heterocycles. The Morgan fingerprint density at radius 1 is 1.39 bits per heavy atom. The molecular weight excluding hydrogens is 228 g/mol. The van der Waals surface area contributed by atoms with E-state index in [0.29, 0.717) is 12.1 Å². The summed E-state index contributed by atoms with van der Waals surface area (Å²) in [6.07, 6.45) is 3.43. The van der Waals surface area contributed by atoms with E-state index in [1.54, 1.807) is 18.2 Å². The van der Waals surface area contributed by atoms with E-state index in [1.807, 2.05) is 0 Å². The molecule has 3 N–H and O–H groups in total. The second-order valence-corrected chi connectivity index (χ2v) is 4.79. The Balaban J connectivity index is 1.74. The van der Waals surface area contributed by atoms with E-state index in [0.717, 1.165) is 25.4 Å². The number of carbonyl (C=O) groups is 1. The number of aromatic hydroxyl groups is 1.